The van der Waals surface area contributed by atoms with Gasteiger partial charge in [-0.1, -0.05) is 25.1 Å². The third-order valence-electron chi connectivity index (χ3n) is 4.75. The fraction of sp³-hybridized carbons (Fsp3) is 0.421. The van der Waals surface area contributed by atoms with Gasteiger partial charge in [-0.05, 0) is 44.5 Å². The highest BCUT2D eigenvalue weighted by molar-refractivity contribution is 7.14. The van der Waals surface area contributed by atoms with Gasteiger partial charge in [0.2, 0.25) is 0 Å². The van der Waals surface area contributed by atoms with E-state index < -0.39 is 0 Å². The summed E-state index contributed by atoms with van der Waals surface area (Å²) in [5.74, 6) is -0.408. The molecule has 0 spiro atoms. The molecule has 6 nitrogen and oxygen atoms in total. The Kier molecular flexibility index (Phi) is 6.00. The van der Waals surface area contributed by atoms with Crippen LogP contribution in [0.3, 0.4) is 0 Å². The summed E-state index contributed by atoms with van der Waals surface area (Å²) in [6.45, 7) is 6.77. The Balaban J connectivity index is 1.56. The lowest BCUT2D eigenvalue weighted by atomic mass is 10.1. The fourth-order valence-electron chi connectivity index (χ4n) is 3.27. The number of likely N-dealkylation sites (N-methyl/N-ethyl adjacent to an activating group) is 1. The number of likely N-dealkylation sites (tertiary alicyclic amines) is 1. The molecular weight excluding hydrogens is 348 g/mol. The van der Waals surface area contributed by atoms with Gasteiger partial charge in [0.25, 0.3) is 11.8 Å². The largest absolute Gasteiger partial charge is 0.349 e. The molecule has 1 atom stereocenters. The van der Waals surface area contributed by atoms with Crippen LogP contribution in [0.2, 0.25) is 0 Å². The lowest BCUT2D eigenvalue weighted by molar-refractivity contribution is 0.0935. The summed E-state index contributed by atoms with van der Waals surface area (Å²) in [7, 11) is 0. The average Bonchev–Trinajstić information content (AvgIpc) is 3.29. The van der Waals surface area contributed by atoms with Gasteiger partial charge in [0.05, 0.1) is 0 Å². The number of carbonyl (C=O) groups is 2. The third kappa shape index (κ3) is 4.28. The summed E-state index contributed by atoms with van der Waals surface area (Å²) in [5, 5.41) is 7.84. The Labute approximate surface area is 157 Å². The Morgan fingerprint density at radius 2 is 2.12 bits per heavy atom. The molecule has 0 aliphatic carbocycles. The first-order chi connectivity index (χ1) is 12.6. The van der Waals surface area contributed by atoms with Crippen LogP contribution in [0.1, 0.15) is 46.2 Å². The highest BCUT2D eigenvalue weighted by atomic mass is 32.1. The van der Waals surface area contributed by atoms with Gasteiger partial charge in [0.15, 0.2) is 5.13 Å². The predicted molar refractivity (Wildman–Crippen MR) is 104 cm³/mol. The number of nitrogens with zero attached hydrogens (tertiary/aromatic N) is 2. The van der Waals surface area contributed by atoms with Crippen molar-refractivity contribution in [1.29, 1.82) is 0 Å². The zero-order chi connectivity index (χ0) is 18.5. The van der Waals surface area contributed by atoms with E-state index in [2.05, 4.69) is 27.4 Å². The van der Waals surface area contributed by atoms with Gasteiger partial charge in [0.1, 0.15) is 5.69 Å². The van der Waals surface area contributed by atoms with E-state index >= 15 is 0 Å². The molecule has 1 saturated heterocycles. The normalized spacial score (nSPS) is 17.2. The summed E-state index contributed by atoms with van der Waals surface area (Å²) >= 11 is 1.26. The summed E-state index contributed by atoms with van der Waals surface area (Å²) in [6, 6.07) is 7.78. The van der Waals surface area contributed by atoms with Crippen LogP contribution in [0.25, 0.3) is 0 Å². The van der Waals surface area contributed by atoms with Gasteiger partial charge in [-0.2, -0.15) is 0 Å². The predicted octanol–water partition coefficient (Wildman–Crippen LogP) is 2.92. The zero-order valence-corrected chi connectivity index (χ0v) is 15.9. The van der Waals surface area contributed by atoms with Crippen LogP contribution < -0.4 is 10.6 Å². The minimum atomic E-state index is -0.214. The topological polar surface area (TPSA) is 74.3 Å². The van der Waals surface area contributed by atoms with Gasteiger partial charge in [-0.15, -0.1) is 11.3 Å². The van der Waals surface area contributed by atoms with E-state index in [1.807, 2.05) is 25.1 Å². The number of aryl methyl sites for hydroxylation is 1. The van der Waals surface area contributed by atoms with E-state index in [1.54, 1.807) is 11.4 Å². The van der Waals surface area contributed by atoms with Gasteiger partial charge in [-0.25, -0.2) is 4.98 Å². The number of carbonyl (C=O) groups excluding carboxylic acids is 2. The Hall–Kier alpha value is -2.25. The third-order valence-corrected chi connectivity index (χ3v) is 5.51. The lowest BCUT2D eigenvalue weighted by Crippen LogP contribution is -2.40. The molecule has 0 bridgehead atoms. The van der Waals surface area contributed by atoms with Crippen molar-refractivity contribution in [2.45, 2.75) is 32.7 Å². The maximum atomic E-state index is 12.3. The van der Waals surface area contributed by atoms with Gasteiger partial charge >= 0.3 is 0 Å². The number of hydrogen-bond donors (Lipinski definition) is 2. The smallest absolute Gasteiger partial charge is 0.270 e. The molecule has 2 amide bonds. The number of benzene rings is 1. The number of rotatable bonds is 6. The lowest BCUT2D eigenvalue weighted by Gasteiger charge is -2.22. The molecule has 0 radical (unpaired) electrons. The quantitative estimate of drug-likeness (QED) is 0.818. The minimum absolute atomic E-state index is 0.194. The second kappa shape index (κ2) is 8.42. The van der Waals surface area contributed by atoms with Crippen molar-refractivity contribution in [2.75, 3.05) is 25.0 Å². The van der Waals surface area contributed by atoms with Crippen molar-refractivity contribution in [3.8, 4) is 0 Å². The van der Waals surface area contributed by atoms with E-state index in [1.165, 1.54) is 17.8 Å². The molecule has 7 heteroatoms. The van der Waals surface area contributed by atoms with Crippen molar-refractivity contribution in [3.05, 3.63) is 46.5 Å². The summed E-state index contributed by atoms with van der Waals surface area (Å²) in [6.07, 6.45) is 2.29. The first kappa shape index (κ1) is 18.5. The van der Waals surface area contributed by atoms with Crippen LogP contribution in [-0.2, 0) is 0 Å². The Morgan fingerprint density at radius 3 is 2.88 bits per heavy atom. The number of hydrogen-bond acceptors (Lipinski definition) is 5. The second-order valence-corrected chi connectivity index (χ2v) is 7.30. The van der Waals surface area contributed by atoms with Crippen LogP contribution in [0, 0.1) is 6.92 Å². The molecule has 0 saturated carbocycles. The molecule has 1 aliphatic rings. The monoisotopic (exact) mass is 372 g/mol. The number of nitrogens with one attached hydrogen (secondary N) is 2. The second-order valence-electron chi connectivity index (χ2n) is 6.44. The fourth-order valence-corrected chi connectivity index (χ4v) is 3.96. The summed E-state index contributed by atoms with van der Waals surface area (Å²) in [5.41, 5.74) is 1.85. The molecule has 3 rings (SSSR count). The molecule has 1 aromatic carbocycles. The molecule has 1 fully saturated rings. The Morgan fingerprint density at radius 1 is 1.31 bits per heavy atom. The first-order valence-corrected chi connectivity index (χ1v) is 9.81. The van der Waals surface area contributed by atoms with E-state index in [-0.39, 0.29) is 11.8 Å². The molecular formula is C19H24N4O2S. The van der Waals surface area contributed by atoms with Crippen LogP contribution >= 0.6 is 11.3 Å². The van der Waals surface area contributed by atoms with E-state index in [0.29, 0.717) is 29.0 Å². The van der Waals surface area contributed by atoms with Crippen LogP contribution in [-0.4, -0.2) is 47.4 Å². The Bertz CT molecular complexity index is 789. The number of amides is 2. The van der Waals surface area contributed by atoms with Gasteiger partial charge in [-0.3, -0.25) is 19.8 Å². The summed E-state index contributed by atoms with van der Waals surface area (Å²) < 4.78 is 0. The zero-order valence-electron chi connectivity index (χ0n) is 15.1. The van der Waals surface area contributed by atoms with Crippen molar-refractivity contribution in [2.24, 2.45) is 0 Å². The molecule has 2 heterocycles. The summed E-state index contributed by atoms with van der Waals surface area (Å²) in [4.78, 5) is 31.3. The number of thiazole rings is 1. The minimum Gasteiger partial charge on any atom is -0.349 e. The highest BCUT2D eigenvalue weighted by Gasteiger charge is 2.23. The van der Waals surface area contributed by atoms with Crippen molar-refractivity contribution in [1.82, 2.24) is 15.2 Å². The molecule has 26 heavy (non-hydrogen) atoms. The van der Waals surface area contributed by atoms with Crippen molar-refractivity contribution < 1.29 is 9.59 Å². The van der Waals surface area contributed by atoms with E-state index in [9.17, 15) is 9.59 Å². The maximum absolute atomic E-state index is 12.3. The first-order valence-electron chi connectivity index (χ1n) is 8.93. The van der Waals surface area contributed by atoms with Crippen LogP contribution in [0.15, 0.2) is 29.6 Å². The molecule has 1 aromatic heterocycles. The SMILES string of the molecule is CCN1CCCC1CNC(=O)c1csc(NC(=O)c2ccccc2C)n1. The molecule has 1 unspecified atom stereocenters. The van der Waals surface area contributed by atoms with Crippen LogP contribution in [0.5, 0.6) is 0 Å². The molecule has 2 aromatic rings. The standard InChI is InChI=1S/C19H24N4O2S/c1-3-23-10-6-8-14(23)11-20-18(25)16-12-26-19(21-16)22-17(24)15-9-5-4-7-13(15)2/h4-5,7,9,12,14H,3,6,8,10-11H2,1-2H3,(H,20,25)(H,21,22,24). The molecule has 2 N–H and O–H groups in total. The molecule has 138 valence electrons. The van der Waals surface area contributed by atoms with Crippen molar-refractivity contribution in [3.63, 3.8) is 0 Å². The van der Waals surface area contributed by atoms with Gasteiger partial charge in [0, 0.05) is 23.5 Å². The van der Waals surface area contributed by atoms with Crippen molar-refractivity contribution >= 4 is 28.3 Å². The highest BCUT2D eigenvalue weighted by Crippen LogP contribution is 2.18. The van der Waals surface area contributed by atoms with E-state index in [4.69, 9.17) is 0 Å². The van der Waals surface area contributed by atoms with E-state index in [0.717, 1.165) is 25.1 Å². The number of anilines is 1. The van der Waals surface area contributed by atoms with Gasteiger partial charge < -0.3 is 5.32 Å². The molecule has 1 aliphatic heterocycles. The number of aromatic nitrogens is 1. The maximum Gasteiger partial charge on any atom is 0.270 e. The van der Waals surface area contributed by atoms with Crippen LogP contribution in [0.4, 0.5) is 5.13 Å². The average molecular weight is 372 g/mol.